The van der Waals surface area contributed by atoms with E-state index in [-0.39, 0.29) is 12.4 Å². The van der Waals surface area contributed by atoms with E-state index in [9.17, 15) is 0 Å². The van der Waals surface area contributed by atoms with Gasteiger partial charge in [0.05, 0.1) is 39.9 Å². The standard InChI is InChI=1S/C29H32NO4.ClH/c1-18(2)20-8-10-21(11-9-20)29-24-17-28(34-7)26(32-5)15-22(24)14-19(3)30(29)23-12-13-25(31-4)27(16-23)33-6;/h8-18H,1-7H3;1H/q+1;/p-1. The minimum atomic E-state index is 0. The molecule has 0 aliphatic heterocycles. The number of aryl methyl sites for hydroxylation is 1. The molecule has 5 nitrogen and oxygen atoms in total. The fraction of sp³-hybridized carbons (Fsp3) is 0.276. The van der Waals surface area contributed by atoms with Crippen molar-refractivity contribution >= 4 is 10.8 Å². The van der Waals surface area contributed by atoms with Crippen LogP contribution in [0.5, 0.6) is 23.0 Å². The predicted molar refractivity (Wildman–Crippen MR) is 136 cm³/mol. The van der Waals surface area contributed by atoms with Crippen LogP contribution in [0.2, 0.25) is 0 Å². The predicted octanol–water partition coefficient (Wildman–Crippen LogP) is 3.25. The van der Waals surface area contributed by atoms with Crippen molar-refractivity contribution < 1.29 is 35.9 Å². The molecule has 0 spiro atoms. The molecular formula is C29H32ClNO4. The molecule has 0 amide bonds. The molecule has 0 N–H and O–H groups in total. The summed E-state index contributed by atoms with van der Waals surface area (Å²) in [5.41, 5.74) is 5.54. The van der Waals surface area contributed by atoms with Crippen LogP contribution in [0.15, 0.2) is 60.7 Å². The highest BCUT2D eigenvalue weighted by atomic mass is 35.5. The maximum absolute atomic E-state index is 5.66. The molecule has 0 saturated heterocycles. The van der Waals surface area contributed by atoms with E-state index in [0.29, 0.717) is 28.9 Å². The van der Waals surface area contributed by atoms with Gasteiger partial charge in [0.1, 0.15) is 0 Å². The summed E-state index contributed by atoms with van der Waals surface area (Å²) >= 11 is 0. The first-order valence-corrected chi connectivity index (χ1v) is 11.4. The van der Waals surface area contributed by atoms with Gasteiger partial charge >= 0.3 is 0 Å². The molecule has 1 heterocycles. The zero-order valence-electron chi connectivity index (χ0n) is 21.3. The van der Waals surface area contributed by atoms with Crippen LogP contribution in [0.4, 0.5) is 0 Å². The van der Waals surface area contributed by atoms with Crippen LogP contribution in [0, 0.1) is 6.92 Å². The number of pyridine rings is 1. The van der Waals surface area contributed by atoms with E-state index in [1.165, 1.54) is 5.56 Å². The van der Waals surface area contributed by atoms with Crippen molar-refractivity contribution in [3.63, 3.8) is 0 Å². The summed E-state index contributed by atoms with van der Waals surface area (Å²) in [6, 6.07) is 21.0. The Kier molecular flexibility index (Phi) is 8.13. The second kappa shape index (κ2) is 10.9. The van der Waals surface area contributed by atoms with Crippen molar-refractivity contribution in [2.75, 3.05) is 28.4 Å². The molecule has 0 atom stereocenters. The Morgan fingerprint density at radius 2 is 1.23 bits per heavy atom. The number of nitrogens with zero attached hydrogens (tertiary/aromatic N) is 1. The molecule has 35 heavy (non-hydrogen) atoms. The van der Waals surface area contributed by atoms with E-state index in [0.717, 1.165) is 33.4 Å². The normalized spacial score (nSPS) is 10.7. The number of benzene rings is 3. The number of ether oxygens (including phenoxy) is 4. The van der Waals surface area contributed by atoms with Crippen molar-refractivity contribution in [1.82, 2.24) is 0 Å². The van der Waals surface area contributed by atoms with Crippen LogP contribution in [0.25, 0.3) is 27.7 Å². The number of aromatic nitrogens is 1. The largest absolute Gasteiger partial charge is 1.00 e. The Balaban J connectivity index is 0.00000342. The number of fused-ring (bicyclic) bond motifs is 1. The lowest BCUT2D eigenvalue weighted by Gasteiger charge is -2.15. The first-order valence-electron chi connectivity index (χ1n) is 11.4. The number of hydrogen-bond acceptors (Lipinski definition) is 4. The van der Waals surface area contributed by atoms with Crippen LogP contribution < -0.4 is 35.9 Å². The SMILES string of the molecule is COc1ccc(-[n+]2c(C)cc3cc(OC)c(OC)cc3c2-c2ccc(C(C)C)cc2)cc1OC.[Cl-]. The lowest BCUT2D eigenvalue weighted by molar-refractivity contribution is -0.589. The lowest BCUT2D eigenvalue weighted by Crippen LogP contribution is -3.00. The van der Waals surface area contributed by atoms with Crippen LogP contribution in [-0.2, 0) is 0 Å². The summed E-state index contributed by atoms with van der Waals surface area (Å²) in [4.78, 5) is 0. The molecule has 1 aromatic heterocycles. The van der Waals surface area contributed by atoms with E-state index >= 15 is 0 Å². The number of methoxy groups -OCH3 is 4. The summed E-state index contributed by atoms with van der Waals surface area (Å²) in [6.07, 6.45) is 0. The second-order valence-electron chi connectivity index (χ2n) is 8.58. The first-order chi connectivity index (χ1) is 16.4. The Morgan fingerprint density at radius 3 is 1.80 bits per heavy atom. The molecule has 6 heteroatoms. The average molecular weight is 494 g/mol. The van der Waals surface area contributed by atoms with Gasteiger partial charge in [-0.1, -0.05) is 26.0 Å². The average Bonchev–Trinajstić information content (AvgIpc) is 2.86. The fourth-order valence-electron chi connectivity index (χ4n) is 4.41. The highest BCUT2D eigenvalue weighted by Gasteiger charge is 2.26. The molecule has 0 saturated carbocycles. The maximum Gasteiger partial charge on any atom is 0.226 e. The van der Waals surface area contributed by atoms with E-state index in [1.807, 2.05) is 24.3 Å². The topological polar surface area (TPSA) is 40.8 Å². The monoisotopic (exact) mass is 493 g/mol. The lowest BCUT2D eigenvalue weighted by atomic mass is 9.97. The van der Waals surface area contributed by atoms with Crippen molar-refractivity contribution in [2.24, 2.45) is 0 Å². The molecule has 0 unspecified atom stereocenters. The molecule has 0 aliphatic rings. The number of hydrogen-bond donors (Lipinski definition) is 0. The van der Waals surface area contributed by atoms with Gasteiger partial charge in [-0.2, -0.15) is 4.57 Å². The summed E-state index contributed by atoms with van der Waals surface area (Å²) in [7, 11) is 6.63. The van der Waals surface area contributed by atoms with Gasteiger partial charge in [0, 0.05) is 24.6 Å². The Labute approximate surface area is 213 Å². The molecule has 184 valence electrons. The van der Waals surface area contributed by atoms with Crippen LogP contribution in [0.3, 0.4) is 0 Å². The third-order valence-electron chi connectivity index (χ3n) is 6.23. The quantitative estimate of drug-likeness (QED) is 0.371. The van der Waals surface area contributed by atoms with Gasteiger partial charge in [0.2, 0.25) is 11.4 Å². The van der Waals surface area contributed by atoms with Gasteiger partial charge < -0.3 is 31.4 Å². The van der Waals surface area contributed by atoms with E-state index < -0.39 is 0 Å². The van der Waals surface area contributed by atoms with Crippen LogP contribution in [-0.4, -0.2) is 28.4 Å². The fourth-order valence-corrected chi connectivity index (χ4v) is 4.41. The summed E-state index contributed by atoms with van der Waals surface area (Å²) in [5.74, 6) is 3.24. The number of rotatable bonds is 7. The van der Waals surface area contributed by atoms with E-state index in [2.05, 4.69) is 61.7 Å². The Hall–Kier alpha value is -3.44. The third kappa shape index (κ3) is 4.87. The third-order valence-corrected chi connectivity index (χ3v) is 6.23. The van der Waals surface area contributed by atoms with Crippen molar-refractivity contribution in [3.8, 4) is 39.9 Å². The van der Waals surface area contributed by atoms with Gasteiger partial charge in [0.25, 0.3) is 0 Å². The van der Waals surface area contributed by atoms with Crippen molar-refractivity contribution in [1.29, 1.82) is 0 Å². The molecular weight excluding hydrogens is 462 g/mol. The minimum Gasteiger partial charge on any atom is -1.00 e. The molecule has 4 rings (SSSR count). The molecule has 0 aliphatic carbocycles. The maximum atomic E-state index is 5.66. The van der Waals surface area contributed by atoms with Crippen molar-refractivity contribution in [3.05, 3.63) is 71.9 Å². The highest BCUT2D eigenvalue weighted by Crippen LogP contribution is 2.37. The van der Waals surface area contributed by atoms with Gasteiger partial charge in [-0.3, -0.25) is 0 Å². The molecule has 0 bridgehead atoms. The van der Waals surface area contributed by atoms with Gasteiger partial charge in [-0.15, -0.1) is 0 Å². The molecule has 3 aromatic carbocycles. The van der Waals surface area contributed by atoms with Gasteiger partial charge in [0.15, 0.2) is 28.7 Å². The van der Waals surface area contributed by atoms with Crippen LogP contribution in [0.1, 0.15) is 31.0 Å². The van der Waals surface area contributed by atoms with Gasteiger partial charge in [-0.05, 0) is 47.2 Å². The van der Waals surface area contributed by atoms with Gasteiger partial charge in [-0.25, -0.2) is 0 Å². The Morgan fingerprint density at radius 1 is 0.657 bits per heavy atom. The zero-order valence-corrected chi connectivity index (χ0v) is 22.1. The van der Waals surface area contributed by atoms with Crippen LogP contribution >= 0.6 is 0 Å². The summed E-state index contributed by atoms with van der Waals surface area (Å²) < 4.78 is 24.6. The Bertz CT molecular complexity index is 1330. The second-order valence-corrected chi connectivity index (χ2v) is 8.58. The summed E-state index contributed by atoms with van der Waals surface area (Å²) in [6.45, 7) is 6.52. The first kappa shape index (κ1) is 26.2. The van der Waals surface area contributed by atoms with Crippen molar-refractivity contribution in [2.45, 2.75) is 26.7 Å². The van der Waals surface area contributed by atoms with E-state index in [4.69, 9.17) is 18.9 Å². The smallest absolute Gasteiger partial charge is 0.226 e. The summed E-state index contributed by atoms with van der Waals surface area (Å²) in [5, 5.41) is 2.14. The highest BCUT2D eigenvalue weighted by molar-refractivity contribution is 5.95. The molecule has 0 radical (unpaired) electrons. The zero-order chi connectivity index (χ0) is 24.4. The number of halogens is 1. The van der Waals surface area contributed by atoms with E-state index in [1.54, 1.807) is 28.4 Å². The molecule has 0 fully saturated rings. The molecule has 4 aromatic rings. The minimum absolute atomic E-state index is 0.